The van der Waals surface area contributed by atoms with Crippen LogP contribution in [0.2, 0.25) is 0 Å². The molecule has 0 aromatic carbocycles. The molecule has 0 saturated heterocycles. The first-order valence-corrected chi connectivity index (χ1v) is 3.56. The van der Waals surface area contributed by atoms with E-state index in [1.165, 1.54) is 0 Å². The number of thiol groups is 2. The Morgan fingerprint density at radius 2 is 1.25 bits per heavy atom. The molecule has 0 aliphatic rings. The Morgan fingerprint density at radius 1 is 1.00 bits per heavy atom. The molecule has 0 spiro atoms. The topological polar surface area (TPSA) is 40.5 Å². The van der Waals surface area contributed by atoms with Gasteiger partial charge in [-0.15, -0.1) is 0 Å². The van der Waals surface area contributed by atoms with E-state index < -0.39 is 12.2 Å². The average Bonchev–Trinajstić information content (AvgIpc) is 1.84. The zero-order valence-corrected chi connectivity index (χ0v) is 6.15. The molecular weight excluding hydrogens is 144 g/mol. The van der Waals surface area contributed by atoms with E-state index in [0.717, 1.165) is 0 Å². The maximum atomic E-state index is 8.75. The van der Waals surface area contributed by atoms with Crippen molar-refractivity contribution in [3.8, 4) is 0 Å². The summed E-state index contributed by atoms with van der Waals surface area (Å²) < 4.78 is 0. The van der Waals surface area contributed by atoms with E-state index in [9.17, 15) is 0 Å². The number of rotatable bonds is 3. The monoisotopic (exact) mass is 154 g/mol. The summed E-state index contributed by atoms with van der Waals surface area (Å²) in [5.41, 5.74) is 0. The molecule has 8 heavy (non-hydrogen) atoms. The van der Waals surface area contributed by atoms with E-state index >= 15 is 0 Å². The molecule has 0 aromatic rings. The van der Waals surface area contributed by atoms with Gasteiger partial charge in [-0.05, 0) is 0 Å². The molecular formula is C4H10O2S2. The summed E-state index contributed by atoms with van der Waals surface area (Å²) in [6, 6.07) is 0. The standard InChI is InChI=1S/C4H10O2S2/c5-3(1-7)4(6)2-8/h3-8H,1-2H2/t3-,4?/m1/s1. The SMILES string of the molecule is OC(CS)[C@H](O)CS. The lowest BCUT2D eigenvalue weighted by Gasteiger charge is -2.11. The minimum atomic E-state index is -0.740. The normalized spacial score (nSPS) is 18.0. The predicted octanol–water partition coefficient (Wildman–Crippen LogP) is -0.432. The fraction of sp³-hybridized carbons (Fsp3) is 1.00. The van der Waals surface area contributed by atoms with Gasteiger partial charge in [-0.1, -0.05) is 0 Å². The van der Waals surface area contributed by atoms with Crippen LogP contribution < -0.4 is 0 Å². The summed E-state index contributed by atoms with van der Waals surface area (Å²) in [5, 5.41) is 17.5. The highest BCUT2D eigenvalue weighted by Crippen LogP contribution is 1.96. The Hall–Kier alpha value is 0.620. The Kier molecular flexibility index (Phi) is 4.84. The van der Waals surface area contributed by atoms with Crippen molar-refractivity contribution in [3.63, 3.8) is 0 Å². The summed E-state index contributed by atoms with van der Waals surface area (Å²) in [6.07, 6.45) is -1.48. The molecule has 2 N–H and O–H groups in total. The van der Waals surface area contributed by atoms with Gasteiger partial charge in [0.1, 0.15) is 0 Å². The molecule has 2 atom stereocenters. The maximum absolute atomic E-state index is 8.75. The van der Waals surface area contributed by atoms with Gasteiger partial charge in [0, 0.05) is 11.5 Å². The molecule has 0 aliphatic carbocycles. The fourth-order valence-corrected chi connectivity index (χ4v) is 0.730. The van der Waals surface area contributed by atoms with Crippen molar-refractivity contribution < 1.29 is 10.2 Å². The van der Waals surface area contributed by atoms with Gasteiger partial charge in [0.25, 0.3) is 0 Å². The van der Waals surface area contributed by atoms with E-state index in [-0.39, 0.29) is 11.5 Å². The van der Waals surface area contributed by atoms with Gasteiger partial charge in [-0.2, -0.15) is 25.3 Å². The van der Waals surface area contributed by atoms with Crippen LogP contribution in [0, 0.1) is 0 Å². The van der Waals surface area contributed by atoms with Crippen LogP contribution in [0.25, 0.3) is 0 Å². The number of hydrogen-bond acceptors (Lipinski definition) is 4. The van der Waals surface area contributed by atoms with Crippen molar-refractivity contribution in [2.45, 2.75) is 12.2 Å². The largest absolute Gasteiger partial charge is 0.390 e. The van der Waals surface area contributed by atoms with Gasteiger partial charge in [0.2, 0.25) is 0 Å². The van der Waals surface area contributed by atoms with Gasteiger partial charge in [0.15, 0.2) is 0 Å². The lowest BCUT2D eigenvalue weighted by Crippen LogP contribution is -2.28. The lowest BCUT2D eigenvalue weighted by molar-refractivity contribution is 0.0504. The van der Waals surface area contributed by atoms with Gasteiger partial charge in [0.05, 0.1) is 12.2 Å². The van der Waals surface area contributed by atoms with E-state index in [4.69, 9.17) is 10.2 Å². The summed E-state index contributed by atoms with van der Waals surface area (Å²) in [6.45, 7) is 0. The second-order valence-corrected chi connectivity index (χ2v) is 2.23. The molecule has 1 unspecified atom stereocenters. The van der Waals surface area contributed by atoms with E-state index in [0.29, 0.717) is 0 Å². The molecule has 0 fully saturated rings. The Balaban J connectivity index is 3.29. The number of aliphatic hydroxyl groups excluding tert-OH is 2. The molecule has 0 heterocycles. The minimum absolute atomic E-state index is 0.279. The van der Waals surface area contributed by atoms with Crippen molar-refractivity contribution in [2.75, 3.05) is 11.5 Å². The van der Waals surface area contributed by atoms with Gasteiger partial charge in [-0.3, -0.25) is 0 Å². The summed E-state index contributed by atoms with van der Waals surface area (Å²) in [4.78, 5) is 0. The molecule has 50 valence electrons. The predicted molar refractivity (Wildman–Crippen MR) is 39.7 cm³/mol. The highest BCUT2D eigenvalue weighted by Gasteiger charge is 2.10. The van der Waals surface area contributed by atoms with Crippen LogP contribution in [0.3, 0.4) is 0 Å². The Morgan fingerprint density at radius 3 is 1.38 bits per heavy atom. The second kappa shape index (κ2) is 4.49. The Labute approximate surface area is 59.7 Å². The third-order valence-corrected chi connectivity index (χ3v) is 1.57. The third-order valence-electron chi connectivity index (χ3n) is 0.818. The molecule has 0 amide bonds. The van der Waals surface area contributed by atoms with Crippen LogP contribution in [-0.4, -0.2) is 33.9 Å². The fourth-order valence-electron chi connectivity index (χ4n) is 0.243. The Bertz CT molecular complexity index is 52.0. The molecule has 0 rings (SSSR count). The van der Waals surface area contributed by atoms with Crippen molar-refractivity contribution in [1.82, 2.24) is 0 Å². The molecule has 0 bridgehead atoms. The van der Waals surface area contributed by atoms with Crippen LogP contribution >= 0.6 is 25.3 Å². The smallest absolute Gasteiger partial charge is 0.0894 e. The van der Waals surface area contributed by atoms with E-state index in [1.54, 1.807) is 0 Å². The van der Waals surface area contributed by atoms with Gasteiger partial charge >= 0.3 is 0 Å². The molecule has 4 heteroatoms. The molecule has 0 saturated carbocycles. The first-order chi connectivity index (χ1) is 3.72. The molecule has 0 radical (unpaired) electrons. The molecule has 2 nitrogen and oxygen atoms in total. The maximum Gasteiger partial charge on any atom is 0.0894 e. The highest BCUT2D eigenvalue weighted by atomic mass is 32.1. The van der Waals surface area contributed by atoms with E-state index in [2.05, 4.69) is 25.3 Å². The summed E-state index contributed by atoms with van der Waals surface area (Å²) in [5.74, 6) is 0.559. The first-order valence-electron chi connectivity index (χ1n) is 2.30. The molecule has 0 aromatic heterocycles. The van der Waals surface area contributed by atoms with Crippen molar-refractivity contribution in [1.29, 1.82) is 0 Å². The van der Waals surface area contributed by atoms with Crippen LogP contribution in [0.4, 0.5) is 0 Å². The summed E-state index contributed by atoms with van der Waals surface area (Å²) in [7, 11) is 0. The summed E-state index contributed by atoms with van der Waals surface area (Å²) >= 11 is 7.53. The first kappa shape index (κ1) is 8.62. The van der Waals surface area contributed by atoms with Gasteiger partial charge < -0.3 is 10.2 Å². The van der Waals surface area contributed by atoms with Gasteiger partial charge in [-0.25, -0.2) is 0 Å². The van der Waals surface area contributed by atoms with Crippen LogP contribution in [0.15, 0.2) is 0 Å². The highest BCUT2D eigenvalue weighted by molar-refractivity contribution is 7.80. The zero-order valence-electron chi connectivity index (χ0n) is 4.36. The number of hydrogen-bond donors (Lipinski definition) is 4. The minimum Gasteiger partial charge on any atom is -0.390 e. The lowest BCUT2D eigenvalue weighted by atomic mass is 10.3. The quantitative estimate of drug-likeness (QED) is 0.417. The van der Waals surface area contributed by atoms with Crippen molar-refractivity contribution in [3.05, 3.63) is 0 Å². The average molecular weight is 154 g/mol. The number of aliphatic hydroxyl groups is 2. The molecule has 0 aliphatic heterocycles. The van der Waals surface area contributed by atoms with Crippen molar-refractivity contribution in [2.24, 2.45) is 0 Å². The van der Waals surface area contributed by atoms with Crippen molar-refractivity contribution >= 4 is 25.3 Å². The zero-order chi connectivity index (χ0) is 6.57. The van der Waals surface area contributed by atoms with Crippen LogP contribution in [0.5, 0.6) is 0 Å². The van der Waals surface area contributed by atoms with Crippen LogP contribution in [0.1, 0.15) is 0 Å². The third kappa shape index (κ3) is 2.81. The van der Waals surface area contributed by atoms with E-state index in [1.807, 2.05) is 0 Å². The second-order valence-electron chi connectivity index (χ2n) is 1.50. The van der Waals surface area contributed by atoms with Crippen LogP contribution in [-0.2, 0) is 0 Å².